The van der Waals surface area contributed by atoms with E-state index in [4.69, 9.17) is 0 Å². The molecule has 0 saturated heterocycles. The minimum atomic E-state index is -1.01. The molecule has 0 saturated carbocycles. The molecule has 0 unspecified atom stereocenters. The monoisotopic (exact) mass is 198 g/mol. The Morgan fingerprint density at radius 2 is 2.33 bits per heavy atom. The third kappa shape index (κ3) is 3.78. The molecule has 0 aliphatic carbocycles. The summed E-state index contributed by atoms with van der Waals surface area (Å²) in [6.07, 6.45) is 4.68. The van der Waals surface area contributed by atoms with Gasteiger partial charge in [-0.3, -0.25) is 4.99 Å². The van der Waals surface area contributed by atoms with Crippen LogP contribution in [0.15, 0.2) is 16.6 Å². The van der Waals surface area contributed by atoms with E-state index in [0.29, 0.717) is 0 Å². The van der Waals surface area contributed by atoms with E-state index in [1.165, 1.54) is 0 Å². The summed E-state index contributed by atoms with van der Waals surface area (Å²) in [6, 6.07) is 0. The Labute approximate surface area is 78.4 Å². The number of nitrogens with zero attached hydrogens (tertiary/aromatic N) is 2. The second kappa shape index (κ2) is 3.96. The van der Waals surface area contributed by atoms with E-state index < -0.39 is 8.07 Å². The van der Waals surface area contributed by atoms with Gasteiger partial charge in [-0.25, -0.2) is 4.98 Å². The first-order chi connectivity index (χ1) is 5.58. The Hall–Kier alpha value is -0.483. The van der Waals surface area contributed by atoms with Crippen LogP contribution in [0.3, 0.4) is 0 Å². The molecular formula is C8H14N2SSi. The van der Waals surface area contributed by atoms with Gasteiger partial charge < -0.3 is 0 Å². The van der Waals surface area contributed by atoms with Crippen LogP contribution in [0.1, 0.15) is 5.01 Å². The van der Waals surface area contributed by atoms with Gasteiger partial charge in [-0.1, -0.05) is 19.6 Å². The molecule has 0 aliphatic rings. The Morgan fingerprint density at radius 1 is 1.58 bits per heavy atom. The molecule has 12 heavy (non-hydrogen) atoms. The molecule has 0 bridgehead atoms. The zero-order valence-electron chi connectivity index (χ0n) is 7.74. The molecule has 0 atom stereocenters. The van der Waals surface area contributed by atoms with Crippen molar-refractivity contribution in [1.29, 1.82) is 0 Å². The number of aromatic nitrogens is 1. The lowest BCUT2D eigenvalue weighted by Gasteiger charge is -2.10. The molecule has 0 amide bonds. The predicted molar refractivity (Wildman–Crippen MR) is 57.9 cm³/mol. The minimum absolute atomic E-state index is 0.993. The van der Waals surface area contributed by atoms with Crippen LogP contribution in [0.2, 0.25) is 19.6 Å². The van der Waals surface area contributed by atoms with Crippen molar-refractivity contribution in [2.45, 2.75) is 19.6 Å². The summed E-state index contributed by atoms with van der Waals surface area (Å²) in [5, 5.41) is 2.98. The third-order valence-corrected chi connectivity index (χ3v) is 3.06. The van der Waals surface area contributed by atoms with Crippen molar-refractivity contribution in [3.8, 4) is 0 Å². The Bertz CT molecular complexity index is 249. The molecule has 0 spiro atoms. The minimum Gasteiger partial charge on any atom is -0.293 e. The number of hydrogen-bond donors (Lipinski definition) is 0. The van der Waals surface area contributed by atoms with Gasteiger partial charge in [0.2, 0.25) is 0 Å². The van der Waals surface area contributed by atoms with Crippen LogP contribution >= 0.6 is 11.3 Å². The quantitative estimate of drug-likeness (QED) is 0.541. The van der Waals surface area contributed by atoms with E-state index >= 15 is 0 Å². The first-order valence-corrected chi connectivity index (χ1v) is 8.56. The second-order valence-electron chi connectivity index (χ2n) is 3.90. The van der Waals surface area contributed by atoms with Gasteiger partial charge in [-0.05, 0) is 0 Å². The second-order valence-corrected chi connectivity index (χ2v) is 10.3. The molecule has 66 valence electrons. The van der Waals surface area contributed by atoms with Crippen molar-refractivity contribution < 1.29 is 0 Å². The summed E-state index contributed by atoms with van der Waals surface area (Å²) in [7, 11) is -1.01. The van der Waals surface area contributed by atoms with Crippen LogP contribution in [-0.2, 0) is 0 Å². The molecule has 0 radical (unpaired) electrons. The predicted octanol–water partition coefficient (Wildman–Crippen LogP) is 2.44. The molecule has 0 aromatic carbocycles. The van der Waals surface area contributed by atoms with Gasteiger partial charge in [-0.2, -0.15) is 0 Å². The fraction of sp³-hybridized carbons (Fsp3) is 0.500. The fourth-order valence-electron chi connectivity index (χ4n) is 0.696. The number of hydrogen-bond acceptors (Lipinski definition) is 3. The molecule has 1 rings (SSSR count). The molecule has 2 nitrogen and oxygen atoms in total. The summed E-state index contributed by atoms with van der Waals surface area (Å²) >= 11 is 1.63. The van der Waals surface area contributed by atoms with Gasteiger partial charge in [0.05, 0.1) is 14.3 Å². The molecular weight excluding hydrogens is 184 g/mol. The molecule has 1 aromatic rings. The summed E-state index contributed by atoms with van der Waals surface area (Å²) in [4.78, 5) is 8.49. The van der Waals surface area contributed by atoms with Gasteiger partial charge in [0.1, 0.15) is 5.01 Å². The lowest BCUT2D eigenvalue weighted by atomic mass is 10.8. The molecule has 0 aliphatic heterocycles. The summed E-state index contributed by atoms with van der Waals surface area (Å²) in [5.41, 5.74) is 0. The lowest BCUT2D eigenvalue weighted by Crippen LogP contribution is -2.24. The zero-order chi connectivity index (χ0) is 9.03. The molecule has 4 heteroatoms. The maximum Gasteiger partial charge on any atom is 0.133 e. The highest BCUT2D eigenvalue weighted by atomic mass is 32.1. The topological polar surface area (TPSA) is 25.2 Å². The Balaban J connectivity index is 2.42. The molecule has 1 heterocycles. The van der Waals surface area contributed by atoms with E-state index in [2.05, 4.69) is 29.6 Å². The van der Waals surface area contributed by atoms with Crippen molar-refractivity contribution in [3.05, 3.63) is 16.6 Å². The van der Waals surface area contributed by atoms with Crippen molar-refractivity contribution in [2.24, 2.45) is 4.99 Å². The van der Waals surface area contributed by atoms with Gasteiger partial charge in [0, 0.05) is 17.7 Å². The Morgan fingerprint density at radius 3 is 2.83 bits per heavy atom. The van der Waals surface area contributed by atoms with Crippen molar-refractivity contribution in [3.63, 3.8) is 0 Å². The average Bonchev–Trinajstić information content (AvgIpc) is 2.36. The first-order valence-electron chi connectivity index (χ1n) is 3.97. The zero-order valence-corrected chi connectivity index (χ0v) is 9.56. The maximum absolute atomic E-state index is 4.37. The van der Waals surface area contributed by atoms with Crippen molar-refractivity contribution >= 4 is 25.6 Å². The molecule has 1 aromatic heterocycles. The number of rotatable bonds is 3. The van der Waals surface area contributed by atoms with Gasteiger partial charge in [0.15, 0.2) is 0 Å². The summed E-state index contributed by atoms with van der Waals surface area (Å²) in [5.74, 6) is 0. The van der Waals surface area contributed by atoms with Crippen LogP contribution < -0.4 is 0 Å². The van der Waals surface area contributed by atoms with Crippen LogP contribution in [0.5, 0.6) is 0 Å². The highest BCUT2D eigenvalue weighted by molar-refractivity contribution is 7.11. The molecule has 0 fully saturated rings. The van der Waals surface area contributed by atoms with E-state index in [0.717, 1.165) is 11.2 Å². The smallest absolute Gasteiger partial charge is 0.133 e. The van der Waals surface area contributed by atoms with Crippen LogP contribution in [-0.4, -0.2) is 25.4 Å². The lowest BCUT2D eigenvalue weighted by molar-refractivity contribution is 1.28. The number of aliphatic imine (C=N–C) groups is 1. The fourth-order valence-corrected chi connectivity index (χ4v) is 1.85. The van der Waals surface area contributed by atoms with E-state index in [9.17, 15) is 0 Å². The van der Waals surface area contributed by atoms with E-state index in [1.807, 2.05) is 11.6 Å². The SMILES string of the molecule is C[Si](C)(C)CN=Cc1nccs1. The summed E-state index contributed by atoms with van der Waals surface area (Å²) < 4.78 is 0. The standard InChI is InChI=1S/C8H14N2SSi/c1-12(2,3)7-9-6-8-10-4-5-11-8/h4-6H,7H2,1-3H3. The van der Waals surface area contributed by atoms with Crippen LogP contribution in [0.4, 0.5) is 0 Å². The highest BCUT2D eigenvalue weighted by Crippen LogP contribution is 2.02. The largest absolute Gasteiger partial charge is 0.293 e. The van der Waals surface area contributed by atoms with Crippen LogP contribution in [0, 0.1) is 0 Å². The van der Waals surface area contributed by atoms with Crippen LogP contribution in [0.25, 0.3) is 0 Å². The van der Waals surface area contributed by atoms with Gasteiger partial charge in [0.25, 0.3) is 0 Å². The average molecular weight is 198 g/mol. The van der Waals surface area contributed by atoms with E-state index in [1.54, 1.807) is 17.5 Å². The summed E-state index contributed by atoms with van der Waals surface area (Å²) in [6.45, 7) is 6.94. The van der Waals surface area contributed by atoms with Gasteiger partial charge in [-0.15, -0.1) is 11.3 Å². The van der Waals surface area contributed by atoms with E-state index in [-0.39, 0.29) is 0 Å². The van der Waals surface area contributed by atoms with Gasteiger partial charge >= 0.3 is 0 Å². The Kier molecular flexibility index (Phi) is 3.17. The van der Waals surface area contributed by atoms with Crippen molar-refractivity contribution in [2.75, 3.05) is 6.17 Å². The maximum atomic E-state index is 4.37. The molecule has 0 N–H and O–H groups in total. The number of thiazole rings is 1. The van der Waals surface area contributed by atoms with Crippen molar-refractivity contribution in [1.82, 2.24) is 4.98 Å². The normalized spacial score (nSPS) is 12.6. The third-order valence-electron chi connectivity index (χ3n) is 1.22. The highest BCUT2D eigenvalue weighted by Gasteiger charge is 2.10. The first kappa shape index (κ1) is 9.60.